The number of aliphatic hydroxyl groups is 1. The molecule has 0 aromatic heterocycles. The van der Waals surface area contributed by atoms with Gasteiger partial charge in [0.1, 0.15) is 5.75 Å². The zero-order valence-electron chi connectivity index (χ0n) is 10.7. The molecule has 0 aliphatic carbocycles. The van der Waals surface area contributed by atoms with Crippen LogP contribution in [0.2, 0.25) is 0 Å². The van der Waals surface area contributed by atoms with Crippen molar-refractivity contribution in [2.75, 3.05) is 6.61 Å². The van der Waals surface area contributed by atoms with Crippen LogP contribution in [-0.2, 0) is 0 Å². The molecule has 1 N–H and O–H groups in total. The molecule has 17 heavy (non-hydrogen) atoms. The van der Waals surface area contributed by atoms with E-state index in [9.17, 15) is 5.11 Å². The van der Waals surface area contributed by atoms with Crippen LogP contribution in [0.3, 0.4) is 0 Å². The smallest absolute Gasteiger partial charge is 0.125 e. The van der Waals surface area contributed by atoms with Crippen molar-refractivity contribution in [3.8, 4) is 5.75 Å². The lowest BCUT2D eigenvalue weighted by Gasteiger charge is -2.14. The number of hydrogen-bond donors (Lipinski definition) is 1. The number of ether oxygens (including phenoxy) is 1. The maximum absolute atomic E-state index is 9.67. The summed E-state index contributed by atoms with van der Waals surface area (Å²) in [6.07, 6.45) is 1.71. The highest BCUT2D eigenvalue weighted by atomic mass is 79.9. The maximum atomic E-state index is 9.67. The van der Waals surface area contributed by atoms with Crippen molar-refractivity contribution >= 4 is 15.9 Å². The standard InChI is InChI=1S/C14H21BrO2/c1-10(2)5-4-8-17-14-7-6-12(15)9-13(14)11(3)16/h6-7,9-11,16H,4-5,8H2,1-3H3/t11-/m0/s1. The van der Waals surface area contributed by atoms with Gasteiger partial charge >= 0.3 is 0 Å². The van der Waals surface area contributed by atoms with Crippen LogP contribution in [-0.4, -0.2) is 11.7 Å². The normalized spacial score (nSPS) is 12.8. The Hall–Kier alpha value is -0.540. The number of benzene rings is 1. The molecule has 0 radical (unpaired) electrons. The van der Waals surface area contributed by atoms with Crippen LogP contribution in [0.4, 0.5) is 0 Å². The van der Waals surface area contributed by atoms with Crippen molar-refractivity contribution in [1.29, 1.82) is 0 Å². The minimum Gasteiger partial charge on any atom is -0.493 e. The fourth-order valence-electron chi connectivity index (χ4n) is 1.65. The summed E-state index contributed by atoms with van der Waals surface area (Å²) < 4.78 is 6.68. The molecule has 96 valence electrons. The molecule has 0 fully saturated rings. The summed E-state index contributed by atoms with van der Waals surface area (Å²) >= 11 is 3.40. The molecule has 1 aromatic rings. The van der Waals surface area contributed by atoms with E-state index in [-0.39, 0.29) is 0 Å². The molecular weight excluding hydrogens is 280 g/mol. The van der Waals surface area contributed by atoms with Gasteiger partial charge in [0.15, 0.2) is 0 Å². The Morgan fingerprint density at radius 3 is 2.59 bits per heavy atom. The summed E-state index contributed by atoms with van der Waals surface area (Å²) in [7, 11) is 0. The molecule has 0 unspecified atom stereocenters. The molecule has 1 atom stereocenters. The van der Waals surface area contributed by atoms with E-state index in [1.165, 1.54) is 6.42 Å². The minimum absolute atomic E-state index is 0.507. The average molecular weight is 301 g/mol. The molecule has 1 rings (SSSR count). The zero-order valence-corrected chi connectivity index (χ0v) is 12.3. The Balaban J connectivity index is 2.58. The van der Waals surface area contributed by atoms with E-state index in [1.807, 2.05) is 18.2 Å². The van der Waals surface area contributed by atoms with Crippen molar-refractivity contribution < 1.29 is 9.84 Å². The fraction of sp³-hybridized carbons (Fsp3) is 0.571. The van der Waals surface area contributed by atoms with E-state index in [0.29, 0.717) is 12.5 Å². The van der Waals surface area contributed by atoms with Crippen LogP contribution in [0.25, 0.3) is 0 Å². The van der Waals surface area contributed by atoms with Gasteiger partial charge < -0.3 is 9.84 Å². The molecule has 3 heteroatoms. The van der Waals surface area contributed by atoms with Gasteiger partial charge in [0.05, 0.1) is 12.7 Å². The van der Waals surface area contributed by atoms with Gasteiger partial charge in [0.25, 0.3) is 0 Å². The van der Waals surface area contributed by atoms with E-state index in [1.54, 1.807) is 6.92 Å². The van der Waals surface area contributed by atoms with Crippen molar-refractivity contribution in [2.45, 2.75) is 39.7 Å². The Kier molecular flexibility index (Phi) is 6.00. The first-order chi connectivity index (χ1) is 8.00. The van der Waals surface area contributed by atoms with Gasteiger partial charge in [-0.05, 0) is 43.9 Å². The Morgan fingerprint density at radius 1 is 1.29 bits per heavy atom. The summed E-state index contributed by atoms with van der Waals surface area (Å²) in [6.45, 7) is 6.88. The van der Waals surface area contributed by atoms with Crippen molar-refractivity contribution in [2.24, 2.45) is 5.92 Å². The highest BCUT2D eigenvalue weighted by Crippen LogP contribution is 2.28. The Labute approximate surface area is 112 Å². The molecular formula is C14H21BrO2. The summed E-state index contributed by atoms with van der Waals surface area (Å²) in [5.74, 6) is 1.49. The summed E-state index contributed by atoms with van der Waals surface area (Å²) in [6, 6.07) is 5.74. The fourth-order valence-corrected chi connectivity index (χ4v) is 2.03. The van der Waals surface area contributed by atoms with Crippen molar-refractivity contribution in [1.82, 2.24) is 0 Å². The SMILES string of the molecule is CC(C)CCCOc1ccc(Br)cc1[C@H](C)O. The molecule has 0 aliphatic rings. The van der Waals surface area contributed by atoms with Crippen molar-refractivity contribution in [3.05, 3.63) is 28.2 Å². The molecule has 0 saturated carbocycles. The van der Waals surface area contributed by atoms with Crippen LogP contribution in [0, 0.1) is 5.92 Å². The zero-order chi connectivity index (χ0) is 12.8. The number of halogens is 1. The van der Waals surface area contributed by atoms with Crippen LogP contribution in [0.1, 0.15) is 45.3 Å². The second-order valence-corrected chi connectivity index (χ2v) is 5.66. The topological polar surface area (TPSA) is 29.5 Å². The van der Waals surface area contributed by atoms with Gasteiger partial charge in [-0.15, -0.1) is 0 Å². The van der Waals surface area contributed by atoms with Crippen LogP contribution >= 0.6 is 15.9 Å². The Bertz CT molecular complexity index is 348. The lowest BCUT2D eigenvalue weighted by molar-refractivity contribution is 0.190. The van der Waals surface area contributed by atoms with Gasteiger partial charge in [-0.1, -0.05) is 29.8 Å². The maximum Gasteiger partial charge on any atom is 0.125 e. The first-order valence-corrected chi connectivity index (χ1v) is 6.90. The minimum atomic E-state index is -0.507. The monoisotopic (exact) mass is 300 g/mol. The summed E-state index contributed by atoms with van der Waals surface area (Å²) in [4.78, 5) is 0. The lowest BCUT2D eigenvalue weighted by Crippen LogP contribution is -2.03. The van der Waals surface area contributed by atoms with Gasteiger partial charge in [0.2, 0.25) is 0 Å². The number of hydrogen-bond acceptors (Lipinski definition) is 2. The van der Waals surface area contributed by atoms with Crippen LogP contribution in [0.15, 0.2) is 22.7 Å². The molecule has 0 aliphatic heterocycles. The molecule has 2 nitrogen and oxygen atoms in total. The third-order valence-electron chi connectivity index (χ3n) is 2.61. The van der Waals surface area contributed by atoms with Gasteiger partial charge in [-0.2, -0.15) is 0 Å². The first kappa shape index (κ1) is 14.5. The van der Waals surface area contributed by atoms with E-state index in [4.69, 9.17) is 4.74 Å². The Morgan fingerprint density at radius 2 is 2.00 bits per heavy atom. The van der Waals surface area contributed by atoms with Crippen molar-refractivity contribution in [3.63, 3.8) is 0 Å². The third-order valence-corrected chi connectivity index (χ3v) is 3.10. The van der Waals surface area contributed by atoms with E-state index in [2.05, 4.69) is 29.8 Å². The number of aliphatic hydroxyl groups excluding tert-OH is 1. The predicted molar refractivity (Wildman–Crippen MR) is 74.3 cm³/mol. The molecule has 0 spiro atoms. The molecule has 0 saturated heterocycles. The van der Waals surface area contributed by atoms with E-state index < -0.39 is 6.10 Å². The van der Waals surface area contributed by atoms with Gasteiger partial charge in [-0.3, -0.25) is 0 Å². The molecule has 0 heterocycles. The van der Waals surface area contributed by atoms with E-state index >= 15 is 0 Å². The number of rotatable bonds is 6. The average Bonchev–Trinajstić information content (AvgIpc) is 2.25. The molecule has 0 bridgehead atoms. The van der Waals surface area contributed by atoms with Crippen LogP contribution in [0.5, 0.6) is 5.75 Å². The highest BCUT2D eigenvalue weighted by Gasteiger charge is 2.09. The highest BCUT2D eigenvalue weighted by molar-refractivity contribution is 9.10. The van der Waals surface area contributed by atoms with Gasteiger partial charge in [0, 0.05) is 10.0 Å². The quantitative estimate of drug-likeness (QED) is 0.793. The summed E-state index contributed by atoms with van der Waals surface area (Å²) in [5.41, 5.74) is 0.837. The molecule has 1 aromatic carbocycles. The van der Waals surface area contributed by atoms with E-state index in [0.717, 1.165) is 22.2 Å². The predicted octanol–water partition coefficient (Wildman–Crippen LogP) is 4.32. The van der Waals surface area contributed by atoms with Gasteiger partial charge in [-0.25, -0.2) is 0 Å². The lowest BCUT2D eigenvalue weighted by atomic mass is 10.1. The summed E-state index contributed by atoms with van der Waals surface area (Å²) in [5, 5.41) is 9.67. The third kappa shape index (κ3) is 5.09. The largest absolute Gasteiger partial charge is 0.493 e. The molecule has 0 amide bonds. The first-order valence-electron chi connectivity index (χ1n) is 6.11. The van der Waals surface area contributed by atoms with Crippen LogP contribution < -0.4 is 4.74 Å². The second kappa shape index (κ2) is 7.02. The second-order valence-electron chi connectivity index (χ2n) is 4.74.